The van der Waals surface area contributed by atoms with Gasteiger partial charge in [0, 0.05) is 22.6 Å². The topological polar surface area (TPSA) is 72.2 Å². The quantitative estimate of drug-likeness (QED) is 0.825. The minimum atomic E-state index is -3.60. The molecule has 112 valence electrons. The second-order valence-electron chi connectivity index (χ2n) is 4.41. The van der Waals surface area contributed by atoms with Gasteiger partial charge in [0.05, 0.1) is 4.90 Å². The van der Waals surface area contributed by atoms with Gasteiger partial charge in [-0.15, -0.1) is 0 Å². The molecule has 2 aromatic carbocycles. The Hall–Kier alpha value is -0.920. The lowest BCUT2D eigenvalue weighted by Crippen LogP contribution is -2.23. The molecule has 0 aliphatic rings. The Balaban J connectivity index is 2.14. The monoisotopic (exact) mass is 388 g/mol. The van der Waals surface area contributed by atoms with E-state index in [1.807, 2.05) is 24.3 Å². The summed E-state index contributed by atoms with van der Waals surface area (Å²) in [7, 11) is -3.60. The molecule has 0 radical (unpaired) electrons. The Labute approximate surface area is 137 Å². The van der Waals surface area contributed by atoms with Crippen LogP contribution in [0.1, 0.15) is 11.1 Å². The molecule has 0 amide bonds. The van der Waals surface area contributed by atoms with Crippen molar-refractivity contribution in [1.82, 2.24) is 4.72 Å². The predicted octanol–water partition coefficient (Wildman–Crippen LogP) is 3.04. The van der Waals surface area contributed by atoms with E-state index in [1.165, 1.54) is 12.1 Å². The van der Waals surface area contributed by atoms with Crippen LogP contribution in [0.25, 0.3) is 0 Å². The van der Waals surface area contributed by atoms with Crippen LogP contribution in [0.5, 0.6) is 0 Å². The third-order valence-corrected chi connectivity index (χ3v) is 5.21. The number of hydrogen-bond acceptors (Lipinski definition) is 3. The van der Waals surface area contributed by atoms with Crippen molar-refractivity contribution >= 4 is 37.6 Å². The molecule has 2 rings (SSSR count). The van der Waals surface area contributed by atoms with Gasteiger partial charge in [-0.2, -0.15) is 0 Å². The van der Waals surface area contributed by atoms with E-state index in [2.05, 4.69) is 20.7 Å². The minimum absolute atomic E-state index is 0.127. The van der Waals surface area contributed by atoms with E-state index in [0.717, 1.165) is 10.0 Å². The first-order valence-electron chi connectivity index (χ1n) is 6.15. The average molecular weight is 390 g/mol. The molecule has 0 fully saturated rings. The molecule has 3 N–H and O–H groups in total. The zero-order valence-corrected chi connectivity index (χ0v) is 14.2. The number of hydrogen-bond donors (Lipinski definition) is 2. The number of sulfonamides is 1. The molecule has 2 aromatic rings. The molecule has 4 nitrogen and oxygen atoms in total. The van der Waals surface area contributed by atoms with E-state index in [-0.39, 0.29) is 18.0 Å². The second kappa shape index (κ2) is 6.89. The summed E-state index contributed by atoms with van der Waals surface area (Å²) in [5.74, 6) is 0. The van der Waals surface area contributed by atoms with Crippen LogP contribution in [0.3, 0.4) is 0 Å². The Morgan fingerprint density at radius 2 is 1.81 bits per heavy atom. The van der Waals surface area contributed by atoms with Crippen molar-refractivity contribution in [1.29, 1.82) is 0 Å². The van der Waals surface area contributed by atoms with Crippen molar-refractivity contribution in [2.75, 3.05) is 0 Å². The van der Waals surface area contributed by atoms with E-state index in [9.17, 15) is 8.42 Å². The largest absolute Gasteiger partial charge is 0.326 e. The molecule has 0 saturated heterocycles. The van der Waals surface area contributed by atoms with Crippen molar-refractivity contribution in [2.24, 2.45) is 5.73 Å². The van der Waals surface area contributed by atoms with Crippen LogP contribution >= 0.6 is 27.5 Å². The third kappa shape index (κ3) is 4.28. The van der Waals surface area contributed by atoms with Crippen LogP contribution in [0.4, 0.5) is 0 Å². The zero-order chi connectivity index (χ0) is 15.5. The molecule has 0 aliphatic heterocycles. The van der Waals surface area contributed by atoms with Crippen molar-refractivity contribution in [2.45, 2.75) is 18.0 Å². The number of halogens is 2. The minimum Gasteiger partial charge on any atom is -0.326 e. The zero-order valence-electron chi connectivity index (χ0n) is 11.0. The van der Waals surface area contributed by atoms with Gasteiger partial charge in [-0.3, -0.25) is 0 Å². The van der Waals surface area contributed by atoms with Crippen LogP contribution in [-0.2, 0) is 23.1 Å². The van der Waals surface area contributed by atoms with Gasteiger partial charge in [0.25, 0.3) is 0 Å². The number of nitrogens with one attached hydrogen (secondary N) is 1. The average Bonchev–Trinajstić information content (AvgIpc) is 2.46. The van der Waals surface area contributed by atoms with E-state index in [4.69, 9.17) is 17.3 Å². The lowest BCUT2D eigenvalue weighted by atomic mass is 10.2. The highest BCUT2D eigenvalue weighted by Crippen LogP contribution is 2.20. The standard InChI is InChI=1S/C14H14BrClN2O2S/c15-12-4-1-10(2-5-12)9-18-21(19,20)13-6-3-11(8-17)14(16)7-13/h1-7,18H,8-9,17H2. The summed E-state index contributed by atoms with van der Waals surface area (Å²) in [6.07, 6.45) is 0. The first-order chi connectivity index (χ1) is 9.92. The van der Waals surface area contributed by atoms with Gasteiger partial charge in [-0.1, -0.05) is 45.7 Å². The molecule has 0 saturated carbocycles. The molecule has 7 heteroatoms. The smallest absolute Gasteiger partial charge is 0.240 e. The van der Waals surface area contributed by atoms with Gasteiger partial charge in [0.1, 0.15) is 0 Å². The van der Waals surface area contributed by atoms with Crippen LogP contribution in [0, 0.1) is 0 Å². The lowest BCUT2D eigenvalue weighted by Gasteiger charge is -2.09. The number of benzene rings is 2. The van der Waals surface area contributed by atoms with Gasteiger partial charge in [-0.05, 0) is 35.4 Å². The summed E-state index contributed by atoms with van der Waals surface area (Å²) in [4.78, 5) is 0.127. The summed E-state index contributed by atoms with van der Waals surface area (Å²) in [5, 5.41) is 0.351. The summed E-state index contributed by atoms with van der Waals surface area (Å²) in [5.41, 5.74) is 7.08. The van der Waals surface area contributed by atoms with E-state index >= 15 is 0 Å². The normalized spacial score (nSPS) is 11.6. The Morgan fingerprint density at radius 3 is 2.38 bits per heavy atom. The SMILES string of the molecule is NCc1ccc(S(=O)(=O)NCc2ccc(Br)cc2)cc1Cl. The molecular weight excluding hydrogens is 376 g/mol. The van der Waals surface area contributed by atoms with Crippen LogP contribution in [0.2, 0.25) is 5.02 Å². The fraction of sp³-hybridized carbons (Fsp3) is 0.143. The molecule has 0 bridgehead atoms. The summed E-state index contributed by atoms with van der Waals surface area (Å²) < 4.78 is 27.9. The van der Waals surface area contributed by atoms with Crippen LogP contribution in [-0.4, -0.2) is 8.42 Å². The number of rotatable bonds is 5. The highest BCUT2D eigenvalue weighted by molar-refractivity contribution is 9.10. The highest BCUT2D eigenvalue weighted by Gasteiger charge is 2.15. The fourth-order valence-corrected chi connectivity index (χ4v) is 3.35. The summed E-state index contributed by atoms with van der Waals surface area (Å²) >= 11 is 9.32. The molecule has 0 aromatic heterocycles. The molecule has 0 unspecified atom stereocenters. The van der Waals surface area contributed by atoms with Crippen molar-refractivity contribution < 1.29 is 8.42 Å². The van der Waals surface area contributed by atoms with Crippen LogP contribution in [0.15, 0.2) is 51.8 Å². The maximum absolute atomic E-state index is 12.2. The predicted molar refractivity (Wildman–Crippen MR) is 87.5 cm³/mol. The highest BCUT2D eigenvalue weighted by atomic mass is 79.9. The van der Waals surface area contributed by atoms with Gasteiger partial charge >= 0.3 is 0 Å². The molecule has 21 heavy (non-hydrogen) atoms. The fourth-order valence-electron chi connectivity index (χ4n) is 1.72. The Morgan fingerprint density at radius 1 is 1.14 bits per heavy atom. The van der Waals surface area contributed by atoms with Gasteiger partial charge < -0.3 is 5.73 Å². The summed E-state index contributed by atoms with van der Waals surface area (Å²) in [6, 6.07) is 11.9. The van der Waals surface area contributed by atoms with E-state index in [1.54, 1.807) is 6.07 Å². The Kier molecular flexibility index (Phi) is 5.40. The van der Waals surface area contributed by atoms with Crippen molar-refractivity contribution in [3.05, 3.63) is 63.1 Å². The molecule has 0 aliphatic carbocycles. The van der Waals surface area contributed by atoms with Gasteiger partial charge in [-0.25, -0.2) is 13.1 Å². The van der Waals surface area contributed by atoms with Gasteiger partial charge in [0.2, 0.25) is 10.0 Å². The van der Waals surface area contributed by atoms with E-state index < -0.39 is 10.0 Å². The first-order valence-corrected chi connectivity index (χ1v) is 8.80. The lowest BCUT2D eigenvalue weighted by molar-refractivity contribution is 0.581. The van der Waals surface area contributed by atoms with E-state index in [0.29, 0.717) is 10.6 Å². The number of nitrogens with two attached hydrogens (primary N) is 1. The molecule has 0 spiro atoms. The van der Waals surface area contributed by atoms with Crippen LogP contribution < -0.4 is 10.5 Å². The molecule has 0 atom stereocenters. The van der Waals surface area contributed by atoms with Gasteiger partial charge in [0.15, 0.2) is 0 Å². The maximum Gasteiger partial charge on any atom is 0.240 e. The second-order valence-corrected chi connectivity index (χ2v) is 7.50. The molecular formula is C14H14BrClN2O2S. The maximum atomic E-state index is 12.2. The Bertz CT molecular complexity index is 733. The first kappa shape index (κ1) is 16.5. The molecule has 0 heterocycles. The van der Waals surface area contributed by atoms with Crippen molar-refractivity contribution in [3.8, 4) is 0 Å². The summed E-state index contributed by atoms with van der Waals surface area (Å²) in [6.45, 7) is 0.483. The third-order valence-electron chi connectivity index (χ3n) is 2.93. The van der Waals surface area contributed by atoms with Crippen molar-refractivity contribution in [3.63, 3.8) is 0 Å².